The van der Waals surface area contributed by atoms with Crippen molar-refractivity contribution in [1.82, 2.24) is 10.2 Å². The highest BCUT2D eigenvalue weighted by molar-refractivity contribution is 8.13. The predicted octanol–water partition coefficient (Wildman–Crippen LogP) is 4.18. The molecule has 1 aliphatic rings. The van der Waals surface area contributed by atoms with E-state index in [4.69, 9.17) is 5.26 Å². The number of anilines is 1. The summed E-state index contributed by atoms with van der Waals surface area (Å²) in [4.78, 5) is 7.09. The van der Waals surface area contributed by atoms with Crippen LogP contribution in [0.4, 0.5) is 11.4 Å². The molecule has 3 rings (SSSR count). The minimum absolute atomic E-state index is 0.440. The Morgan fingerprint density at radius 2 is 1.85 bits per heavy atom. The van der Waals surface area contributed by atoms with Crippen molar-refractivity contribution in [2.24, 2.45) is 4.99 Å². The fourth-order valence-electron chi connectivity index (χ4n) is 3.27. The maximum absolute atomic E-state index is 8.83. The van der Waals surface area contributed by atoms with Gasteiger partial charge in [0.15, 0.2) is 11.4 Å². The molecular formula is C21H25N5S. The number of nitriles is 1. The van der Waals surface area contributed by atoms with Gasteiger partial charge < -0.3 is 5.32 Å². The van der Waals surface area contributed by atoms with Gasteiger partial charge in [0.05, 0.1) is 11.4 Å². The van der Waals surface area contributed by atoms with Gasteiger partial charge in [0.1, 0.15) is 0 Å². The van der Waals surface area contributed by atoms with Crippen molar-refractivity contribution < 1.29 is 0 Å². The van der Waals surface area contributed by atoms with Crippen molar-refractivity contribution >= 4 is 28.3 Å². The number of nitrogens with zero attached hydrogens (tertiary/aromatic N) is 3. The molecule has 0 aromatic heterocycles. The van der Waals surface area contributed by atoms with Gasteiger partial charge in [0, 0.05) is 25.7 Å². The summed E-state index contributed by atoms with van der Waals surface area (Å²) in [6.45, 7) is 3.19. The first kappa shape index (κ1) is 19.3. The number of hydrogen-bond acceptors (Lipinski definition) is 5. The van der Waals surface area contributed by atoms with Crippen molar-refractivity contribution in [3.8, 4) is 6.19 Å². The maximum Gasteiger partial charge on any atom is 0.183 e. The van der Waals surface area contributed by atoms with E-state index in [2.05, 4.69) is 56.9 Å². The average molecular weight is 380 g/mol. The standard InChI is InChI=1S/C21H25N5S/c1-27-21(23-16-22)25-20-10-6-5-9-19(20)24-18-11-13-26(14-12-18)15-17-7-3-2-4-8-17/h2-10,18,24H,11-15H2,1H3,(H,23,25). The molecule has 6 heteroatoms. The Labute approximate surface area is 165 Å². The second-order valence-electron chi connectivity index (χ2n) is 6.56. The second kappa shape index (κ2) is 10.0. The van der Waals surface area contributed by atoms with Crippen LogP contribution in [0.3, 0.4) is 0 Å². The van der Waals surface area contributed by atoms with Crippen molar-refractivity contribution in [2.45, 2.75) is 25.4 Å². The zero-order chi connectivity index (χ0) is 18.9. The van der Waals surface area contributed by atoms with Gasteiger partial charge in [0.2, 0.25) is 0 Å². The summed E-state index contributed by atoms with van der Waals surface area (Å²) >= 11 is 1.43. The van der Waals surface area contributed by atoms with Crippen molar-refractivity contribution in [1.29, 1.82) is 5.26 Å². The first-order chi connectivity index (χ1) is 13.3. The van der Waals surface area contributed by atoms with E-state index in [1.165, 1.54) is 17.3 Å². The van der Waals surface area contributed by atoms with Crippen LogP contribution in [-0.4, -0.2) is 35.5 Å². The Kier molecular flexibility index (Phi) is 7.14. The highest BCUT2D eigenvalue weighted by atomic mass is 32.2. The minimum atomic E-state index is 0.440. The molecule has 5 nitrogen and oxygen atoms in total. The molecular weight excluding hydrogens is 354 g/mol. The van der Waals surface area contributed by atoms with Crippen LogP contribution >= 0.6 is 11.8 Å². The number of benzene rings is 2. The van der Waals surface area contributed by atoms with Crippen molar-refractivity contribution in [3.63, 3.8) is 0 Å². The Balaban J connectivity index is 1.58. The van der Waals surface area contributed by atoms with E-state index in [1.807, 2.05) is 30.6 Å². The summed E-state index contributed by atoms with van der Waals surface area (Å²) in [6, 6.07) is 19.1. The second-order valence-corrected chi connectivity index (χ2v) is 7.35. The quantitative estimate of drug-likeness (QED) is 0.353. The molecule has 0 saturated carbocycles. The zero-order valence-corrected chi connectivity index (χ0v) is 16.4. The number of hydrogen-bond donors (Lipinski definition) is 2. The maximum atomic E-state index is 8.83. The third-order valence-corrected chi connectivity index (χ3v) is 5.26. The highest BCUT2D eigenvalue weighted by Crippen LogP contribution is 2.28. The highest BCUT2D eigenvalue weighted by Gasteiger charge is 2.19. The number of amidine groups is 1. The third kappa shape index (κ3) is 5.75. The van der Waals surface area contributed by atoms with Crippen molar-refractivity contribution in [3.05, 3.63) is 60.2 Å². The lowest BCUT2D eigenvalue weighted by molar-refractivity contribution is 0.211. The van der Waals surface area contributed by atoms with Crippen molar-refractivity contribution in [2.75, 3.05) is 24.7 Å². The van der Waals surface area contributed by atoms with Gasteiger partial charge in [-0.1, -0.05) is 54.2 Å². The molecule has 0 atom stereocenters. The van der Waals surface area contributed by atoms with Gasteiger partial charge in [-0.3, -0.25) is 10.2 Å². The monoisotopic (exact) mass is 379 g/mol. The molecule has 0 bridgehead atoms. The number of nitrogens with one attached hydrogen (secondary N) is 2. The van der Waals surface area contributed by atoms with Gasteiger partial charge in [-0.05, 0) is 36.8 Å². The van der Waals surface area contributed by atoms with E-state index in [1.54, 1.807) is 0 Å². The largest absolute Gasteiger partial charge is 0.380 e. The Morgan fingerprint density at radius 3 is 2.56 bits per heavy atom. The Bertz CT molecular complexity index is 792. The normalized spacial score (nSPS) is 15.9. The van der Waals surface area contributed by atoms with Crippen LogP contribution in [0.25, 0.3) is 0 Å². The summed E-state index contributed by atoms with van der Waals surface area (Å²) in [6.07, 6.45) is 6.06. The molecule has 2 N–H and O–H groups in total. The van der Waals surface area contributed by atoms with Gasteiger partial charge in [0.25, 0.3) is 0 Å². The van der Waals surface area contributed by atoms with E-state index in [0.717, 1.165) is 43.9 Å². The van der Waals surface area contributed by atoms with Crippen LogP contribution in [0.5, 0.6) is 0 Å². The molecule has 1 heterocycles. The van der Waals surface area contributed by atoms with Crippen LogP contribution in [0.1, 0.15) is 18.4 Å². The molecule has 1 aliphatic heterocycles. The average Bonchev–Trinajstić information content (AvgIpc) is 2.71. The number of rotatable bonds is 5. The van der Waals surface area contributed by atoms with E-state index >= 15 is 0 Å². The molecule has 2 aromatic carbocycles. The molecule has 0 aliphatic carbocycles. The summed E-state index contributed by atoms with van der Waals surface area (Å²) < 4.78 is 0. The van der Waals surface area contributed by atoms with Gasteiger partial charge in [-0.25, -0.2) is 4.99 Å². The Hall–Kier alpha value is -2.49. The van der Waals surface area contributed by atoms with E-state index in [9.17, 15) is 0 Å². The number of para-hydroxylation sites is 2. The summed E-state index contributed by atoms with van der Waals surface area (Å²) in [7, 11) is 0. The van der Waals surface area contributed by atoms with Gasteiger partial charge in [-0.15, -0.1) is 0 Å². The van der Waals surface area contributed by atoms with E-state index < -0.39 is 0 Å². The summed E-state index contributed by atoms with van der Waals surface area (Å²) in [5.41, 5.74) is 3.25. The fraction of sp³-hybridized carbons (Fsp3) is 0.333. The summed E-state index contributed by atoms with van der Waals surface area (Å²) in [5.74, 6) is 0. The number of aliphatic imine (C=N–C) groups is 1. The third-order valence-electron chi connectivity index (χ3n) is 4.68. The molecule has 140 valence electrons. The van der Waals surface area contributed by atoms with Crippen LogP contribution in [-0.2, 0) is 6.54 Å². The van der Waals surface area contributed by atoms with Crippen LogP contribution in [0, 0.1) is 11.5 Å². The van der Waals surface area contributed by atoms with Gasteiger partial charge in [-0.2, -0.15) is 5.26 Å². The molecule has 0 spiro atoms. The molecule has 2 aromatic rings. The lowest BCUT2D eigenvalue weighted by Gasteiger charge is -2.33. The fourth-order valence-corrected chi connectivity index (χ4v) is 3.61. The zero-order valence-electron chi connectivity index (χ0n) is 15.6. The van der Waals surface area contributed by atoms with E-state index in [0.29, 0.717) is 11.2 Å². The molecule has 1 fully saturated rings. The molecule has 0 unspecified atom stereocenters. The molecule has 1 saturated heterocycles. The summed E-state index contributed by atoms with van der Waals surface area (Å²) in [5, 5.41) is 15.7. The molecule has 0 radical (unpaired) electrons. The minimum Gasteiger partial charge on any atom is -0.380 e. The number of piperidine rings is 1. The molecule has 0 amide bonds. The first-order valence-corrected chi connectivity index (χ1v) is 10.4. The lowest BCUT2D eigenvalue weighted by atomic mass is 10.0. The SMILES string of the molecule is CSC(=Nc1ccccc1NC1CCN(Cc2ccccc2)CC1)NC#N. The topological polar surface area (TPSA) is 63.5 Å². The Morgan fingerprint density at radius 1 is 1.15 bits per heavy atom. The first-order valence-electron chi connectivity index (χ1n) is 9.18. The van der Waals surface area contributed by atoms with Crippen LogP contribution in [0.2, 0.25) is 0 Å². The predicted molar refractivity (Wildman–Crippen MR) is 114 cm³/mol. The number of likely N-dealkylation sites (tertiary alicyclic amines) is 1. The van der Waals surface area contributed by atoms with Gasteiger partial charge >= 0.3 is 0 Å². The lowest BCUT2D eigenvalue weighted by Crippen LogP contribution is -2.38. The van der Waals surface area contributed by atoms with Crippen LogP contribution < -0.4 is 10.6 Å². The van der Waals surface area contributed by atoms with E-state index in [-0.39, 0.29) is 0 Å². The smallest absolute Gasteiger partial charge is 0.183 e. The van der Waals surface area contributed by atoms with Crippen LogP contribution in [0.15, 0.2) is 59.6 Å². The molecule has 27 heavy (non-hydrogen) atoms. The number of thioether (sulfide) groups is 1.